The van der Waals surface area contributed by atoms with Crippen molar-refractivity contribution in [3.05, 3.63) is 68.8 Å². The van der Waals surface area contributed by atoms with E-state index >= 15 is 0 Å². The average molecular weight is 351 g/mol. The van der Waals surface area contributed by atoms with Crippen molar-refractivity contribution in [2.75, 3.05) is 7.11 Å². The number of nitro groups is 1. The van der Waals surface area contributed by atoms with Crippen molar-refractivity contribution in [2.24, 2.45) is 0 Å². The Morgan fingerprint density at radius 3 is 2.50 bits per heavy atom. The maximum atomic E-state index is 11.1. The van der Waals surface area contributed by atoms with Crippen LogP contribution >= 0.6 is 0 Å². The summed E-state index contributed by atoms with van der Waals surface area (Å²) in [4.78, 5) is 10.7. The number of benzene rings is 2. The number of allylic oxidation sites excluding steroid dienone is 1. The highest BCUT2D eigenvalue weighted by atomic mass is 16.6. The molecule has 0 spiro atoms. The van der Waals surface area contributed by atoms with Crippen LogP contribution < -0.4 is 4.74 Å². The molecule has 26 heavy (non-hydrogen) atoms. The first-order valence-corrected chi connectivity index (χ1v) is 8.79. The summed E-state index contributed by atoms with van der Waals surface area (Å²) in [6.07, 6.45) is 6.53. The number of methoxy groups -OCH3 is 1. The molecule has 1 aliphatic rings. The average Bonchev–Trinajstić information content (AvgIpc) is 3.03. The topological polar surface area (TPSA) is 52.4 Å². The second-order valence-corrected chi connectivity index (χ2v) is 5.82. The first-order valence-electron chi connectivity index (χ1n) is 8.79. The van der Waals surface area contributed by atoms with Crippen LogP contribution in [-0.2, 0) is 6.42 Å². The summed E-state index contributed by atoms with van der Waals surface area (Å²) >= 11 is 0. The molecule has 0 aromatic heterocycles. The minimum Gasteiger partial charge on any atom is -0.496 e. The third kappa shape index (κ3) is 3.03. The van der Waals surface area contributed by atoms with Crippen LogP contribution in [0.5, 0.6) is 5.75 Å². The Bertz CT molecular complexity index is 895. The number of hydrogen-bond acceptors (Lipinski definition) is 3. The van der Waals surface area contributed by atoms with Crippen LogP contribution in [0.2, 0.25) is 0 Å². The minimum atomic E-state index is -0.351. The van der Waals surface area contributed by atoms with Gasteiger partial charge in [0, 0.05) is 17.7 Å². The first kappa shape index (κ1) is 19.4. The van der Waals surface area contributed by atoms with E-state index in [1.165, 1.54) is 0 Å². The molecule has 0 heterocycles. The highest BCUT2D eigenvalue weighted by Gasteiger charge is 2.28. The molecule has 0 N–H and O–H groups in total. The van der Waals surface area contributed by atoms with E-state index in [2.05, 4.69) is 12.7 Å². The Hall–Kier alpha value is -2.88. The molecule has 0 saturated carbocycles. The molecule has 3 rings (SSSR count). The number of nitrogens with zero attached hydrogens (tertiary/aromatic N) is 1. The zero-order valence-corrected chi connectivity index (χ0v) is 16.1. The summed E-state index contributed by atoms with van der Waals surface area (Å²) in [5.41, 5.74) is 7.52. The van der Waals surface area contributed by atoms with E-state index in [0.29, 0.717) is 6.42 Å². The molecule has 0 saturated heterocycles. The van der Waals surface area contributed by atoms with Gasteiger partial charge in [-0.25, -0.2) is 0 Å². The summed E-state index contributed by atoms with van der Waals surface area (Å²) in [6.45, 7) is 11.9. The second kappa shape index (κ2) is 8.00. The minimum absolute atomic E-state index is 0.123. The summed E-state index contributed by atoms with van der Waals surface area (Å²) in [6, 6.07) is 5.09. The van der Waals surface area contributed by atoms with Gasteiger partial charge in [-0.15, -0.1) is 0 Å². The first-order chi connectivity index (χ1) is 12.5. The molecular formula is C22H25NO3. The Morgan fingerprint density at radius 2 is 1.96 bits per heavy atom. The molecule has 4 nitrogen and oxygen atoms in total. The van der Waals surface area contributed by atoms with E-state index in [4.69, 9.17) is 4.74 Å². The normalized spacial score (nSPS) is 11.4. The Kier molecular flexibility index (Phi) is 5.98. The quantitative estimate of drug-likeness (QED) is 0.416. The largest absolute Gasteiger partial charge is 0.496 e. The number of rotatable bonds is 4. The van der Waals surface area contributed by atoms with E-state index in [0.717, 1.165) is 44.7 Å². The molecule has 0 atom stereocenters. The fourth-order valence-electron chi connectivity index (χ4n) is 3.57. The predicted octanol–water partition coefficient (Wildman–Crippen LogP) is 6.19. The number of fused-ring (bicyclic) bond motifs is 3. The maximum absolute atomic E-state index is 11.1. The fraction of sp³-hybridized carbons (Fsp3) is 0.273. The van der Waals surface area contributed by atoms with Crippen LogP contribution in [0.1, 0.15) is 48.6 Å². The van der Waals surface area contributed by atoms with Gasteiger partial charge in [-0.05, 0) is 59.7 Å². The molecule has 0 fully saturated rings. The van der Waals surface area contributed by atoms with Crippen LogP contribution in [0.4, 0.5) is 5.69 Å². The van der Waals surface area contributed by atoms with E-state index in [-0.39, 0.29) is 10.6 Å². The molecule has 0 bridgehead atoms. The number of non-ortho nitro benzene ring substituents is 1. The smallest absolute Gasteiger partial charge is 0.269 e. The molecule has 0 amide bonds. The maximum Gasteiger partial charge on any atom is 0.269 e. The van der Waals surface area contributed by atoms with Gasteiger partial charge in [0.25, 0.3) is 5.69 Å². The van der Waals surface area contributed by atoms with Gasteiger partial charge in [0.1, 0.15) is 5.75 Å². The molecule has 136 valence electrons. The molecule has 0 radical (unpaired) electrons. The standard InChI is InChI=1S/C20H19NO3.C2H6/c1-5-7-16-12(3)20(24-4)15(6-2)18-11-13-10-14(21(22)23)8-9-17(13)19(16)18;1-2/h5-10H,2,11H2,1,3-4H3;1-2H3/b7-5-;. The number of nitro benzene ring substituents is 1. The zero-order chi connectivity index (χ0) is 19.4. The Balaban J connectivity index is 0.00000117. The van der Waals surface area contributed by atoms with Crippen LogP contribution in [0.15, 0.2) is 30.9 Å². The lowest BCUT2D eigenvalue weighted by Crippen LogP contribution is -1.99. The second-order valence-electron chi connectivity index (χ2n) is 5.82. The summed E-state index contributed by atoms with van der Waals surface area (Å²) < 4.78 is 5.63. The molecule has 1 aliphatic carbocycles. The van der Waals surface area contributed by atoms with Gasteiger partial charge in [0.15, 0.2) is 0 Å². The molecular weight excluding hydrogens is 326 g/mol. The number of ether oxygens (including phenoxy) is 1. The van der Waals surface area contributed by atoms with E-state index in [1.54, 1.807) is 19.2 Å². The van der Waals surface area contributed by atoms with Crippen LogP contribution in [-0.4, -0.2) is 12.0 Å². The third-order valence-electron chi connectivity index (χ3n) is 4.56. The van der Waals surface area contributed by atoms with Crippen molar-refractivity contribution < 1.29 is 9.66 Å². The van der Waals surface area contributed by atoms with Crippen molar-refractivity contribution in [1.29, 1.82) is 0 Å². The summed E-state index contributed by atoms with van der Waals surface area (Å²) in [7, 11) is 1.66. The molecule has 2 aromatic rings. The van der Waals surface area contributed by atoms with E-state index < -0.39 is 0 Å². The third-order valence-corrected chi connectivity index (χ3v) is 4.56. The van der Waals surface area contributed by atoms with Crippen LogP contribution in [0.25, 0.3) is 23.3 Å². The van der Waals surface area contributed by atoms with Gasteiger partial charge < -0.3 is 4.74 Å². The van der Waals surface area contributed by atoms with Crippen molar-refractivity contribution in [3.8, 4) is 16.9 Å². The van der Waals surface area contributed by atoms with Crippen molar-refractivity contribution in [1.82, 2.24) is 0 Å². The van der Waals surface area contributed by atoms with Crippen LogP contribution in [0, 0.1) is 17.0 Å². The number of hydrogen-bond donors (Lipinski definition) is 0. The van der Waals surface area contributed by atoms with E-state index in [1.807, 2.05) is 45.9 Å². The zero-order valence-electron chi connectivity index (χ0n) is 16.1. The van der Waals surface area contributed by atoms with Crippen LogP contribution in [0.3, 0.4) is 0 Å². The summed E-state index contributed by atoms with van der Waals surface area (Å²) in [5, 5.41) is 11.1. The lowest BCUT2D eigenvalue weighted by Gasteiger charge is -2.18. The predicted molar refractivity (Wildman–Crippen MR) is 109 cm³/mol. The van der Waals surface area contributed by atoms with Crippen molar-refractivity contribution >= 4 is 17.8 Å². The van der Waals surface area contributed by atoms with Gasteiger partial charge in [-0.2, -0.15) is 0 Å². The SMILES string of the molecule is C=Cc1c2c(c(/C=C\C)c(C)c1OC)-c1ccc([N+](=O)[O-])cc1C2.CC. The highest BCUT2D eigenvalue weighted by Crippen LogP contribution is 2.47. The fourth-order valence-corrected chi connectivity index (χ4v) is 3.57. The van der Waals surface area contributed by atoms with Crippen molar-refractivity contribution in [2.45, 2.75) is 34.1 Å². The molecule has 4 heteroatoms. The molecule has 2 aromatic carbocycles. The Morgan fingerprint density at radius 1 is 1.27 bits per heavy atom. The molecule has 0 aliphatic heterocycles. The van der Waals surface area contributed by atoms with Gasteiger partial charge in [-0.3, -0.25) is 10.1 Å². The van der Waals surface area contributed by atoms with E-state index in [9.17, 15) is 10.1 Å². The van der Waals surface area contributed by atoms with Gasteiger partial charge >= 0.3 is 0 Å². The summed E-state index contributed by atoms with van der Waals surface area (Å²) in [5.74, 6) is 0.819. The molecule has 0 unspecified atom stereocenters. The van der Waals surface area contributed by atoms with Gasteiger partial charge in [0.2, 0.25) is 0 Å². The monoisotopic (exact) mass is 351 g/mol. The van der Waals surface area contributed by atoms with Gasteiger partial charge in [-0.1, -0.05) is 38.7 Å². The highest BCUT2D eigenvalue weighted by molar-refractivity contribution is 5.91. The van der Waals surface area contributed by atoms with Crippen molar-refractivity contribution in [3.63, 3.8) is 0 Å². The lowest BCUT2D eigenvalue weighted by molar-refractivity contribution is -0.384. The Labute approximate surface area is 155 Å². The lowest BCUT2D eigenvalue weighted by atomic mass is 9.90. The van der Waals surface area contributed by atoms with Gasteiger partial charge in [0.05, 0.1) is 12.0 Å².